The van der Waals surface area contributed by atoms with Gasteiger partial charge in [-0.05, 0) is 22.3 Å². The molecule has 0 saturated heterocycles. The minimum absolute atomic E-state index is 0.0101. The second-order valence-corrected chi connectivity index (χ2v) is 6.61. The van der Waals surface area contributed by atoms with Gasteiger partial charge in [-0.25, -0.2) is 4.79 Å². The summed E-state index contributed by atoms with van der Waals surface area (Å²) in [6, 6.07) is 16.2. The number of nitrogens with one attached hydrogen (secondary N) is 1. The van der Waals surface area contributed by atoms with Gasteiger partial charge in [-0.3, -0.25) is 0 Å². The summed E-state index contributed by atoms with van der Waals surface area (Å²) in [5.41, 5.74) is 9.52. The van der Waals surface area contributed by atoms with Crippen molar-refractivity contribution >= 4 is 6.09 Å². The Morgan fingerprint density at radius 3 is 1.93 bits per heavy atom. The Kier molecular flexibility index (Phi) is 9.04. The van der Waals surface area contributed by atoms with E-state index in [1.165, 1.54) is 11.1 Å². The zero-order chi connectivity index (χ0) is 21.2. The van der Waals surface area contributed by atoms with E-state index in [4.69, 9.17) is 25.8 Å². The van der Waals surface area contributed by atoms with Crippen molar-refractivity contribution in [3.05, 3.63) is 59.7 Å². The van der Waals surface area contributed by atoms with Gasteiger partial charge in [-0.2, -0.15) is 0 Å². The number of fused-ring (bicyclic) bond motifs is 3. The number of benzene rings is 2. The average Bonchev–Trinajstić information content (AvgIpc) is 3.09. The van der Waals surface area contributed by atoms with E-state index < -0.39 is 24.9 Å². The fourth-order valence-electron chi connectivity index (χ4n) is 2.99. The van der Waals surface area contributed by atoms with Gasteiger partial charge in [0.05, 0.1) is 25.4 Å². The van der Waals surface area contributed by atoms with Crippen LogP contribution in [-0.4, -0.2) is 71.6 Å². The van der Waals surface area contributed by atoms with Gasteiger partial charge in [0.2, 0.25) is 0 Å². The normalized spacial score (nSPS) is 14.1. The molecule has 2 atom stereocenters. The van der Waals surface area contributed by atoms with Crippen molar-refractivity contribution in [2.75, 3.05) is 32.9 Å². The molecule has 1 amide bonds. The first kappa shape index (κ1) is 22.8. The minimum atomic E-state index is -0.976. The molecule has 1 aliphatic carbocycles. The van der Waals surface area contributed by atoms with Crippen LogP contribution in [0.5, 0.6) is 0 Å². The summed E-state index contributed by atoms with van der Waals surface area (Å²) in [6.45, 7) is -0.307. The first-order valence-corrected chi connectivity index (χ1v) is 9.38. The summed E-state index contributed by atoms with van der Waals surface area (Å²) in [4.78, 5) is 11.7. The van der Waals surface area contributed by atoms with Crippen LogP contribution in [0, 0.1) is 0 Å². The lowest BCUT2D eigenvalue weighted by Crippen LogP contribution is -2.34. The Morgan fingerprint density at radius 1 is 0.966 bits per heavy atom. The third-order valence-corrected chi connectivity index (χ3v) is 4.52. The number of hydrogen-bond acceptors (Lipinski definition) is 7. The highest BCUT2D eigenvalue weighted by molar-refractivity contribution is 5.79. The smallest absolute Gasteiger partial charge is 0.407 e. The van der Waals surface area contributed by atoms with Crippen LogP contribution in [0.25, 0.3) is 11.1 Å². The third kappa shape index (κ3) is 6.25. The molecule has 0 aromatic heterocycles. The quantitative estimate of drug-likeness (QED) is 0.386. The largest absolute Gasteiger partial charge is 0.449 e. The summed E-state index contributed by atoms with van der Waals surface area (Å²) in [5, 5.41) is 36.7. The molecule has 2 unspecified atom stereocenters. The number of ether oxygens (including phenoxy) is 1. The molecule has 0 bridgehead atoms. The Bertz CT molecular complexity index is 736. The first-order valence-electron chi connectivity index (χ1n) is 9.38. The van der Waals surface area contributed by atoms with Crippen LogP contribution in [0.3, 0.4) is 0 Å². The third-order valence-electron chi connectivity index (χ3n) is 4.52. The van der Waals surface area contributed by atoms with Crippen molar-refractivity contribution in [2.24, 2.45) is 5.73 Å². The average molecular weight is 404 g/mol. The van der Waals surface area contributed by atoms with Gasteiger partial charge in [0.1, 0.15) is 6.61 Å². The van der Waals surface area contributed by atoms with E-state index in [-0.39, 0.29) is 32.2 Å². The lowest BCUT2D eigenvalue weighted by atomic mass is 9.98. The van der Waals surface area contributed by atoms with E-state index in [0.717, 1.165) is 11.1 Å². The van der Waals surface area contributed by atoms with Crippen LogP contribution in [0.1, 0.15) is 17.0 Å². The van der Waals surface area contributed by atoms with Crippen LogP contribution >= 0.6 is 0 Å². The molecule has 2 aromatic rings. The van der Waals surface area contributed by atoms with Crippen molar-refractivity contribution in [3.8, 4) is 11.1 Å². The molecule has 8 heteroatoms. The number of aliphatic hydroxyl groups excluding tert-OH is 4. The molecule has 8 nitrogen and oxygen atoms in total. The highest BCUT2D eigenvalue weighted by atomic mass is 16.5. The molecule has 3 rings (SSSR count). The minimum Gasteiger partial charge on any atom is -0.449 e. The van der Waals surface area contributed by atoms with Crippen LogP contribution < -0.4 is 11.1 Å². The predicted molar refractivity (Wildman–Crippen MR) is 108 cm³/mol. The lowest BCUT2D eigenvalue weighted by molar-refractivity contribution is 0.0882. The SMILES string of the molecule is NCC(O)CO.O=C(NCC(O)CO)OCC1c2ccccc2-c2ccccc21. The Morgan fingerprint density at radius 2 is 1.48 bits per heavy atom. The number of nitrogens with two attached hydrogens (primary N) is 1. The summed E-state index contributed by atoms with van der Waals surface area (Å²) < 4.78 is 5.29. The summed E-state index contributed by atoms with van der Waals surface area (Å²) >= 11 is 0. The molecule has 0 heterocycles. The number of carbonyl (C=O) groups excluding carboxylic acids is 1. The number of carbonyl (C=O) groups is 1. The summed E-state index contributed by atoms with van der Waals surface area (Å²) in [6.07, 6.45) is -2.31. The fourth-order valence-corrected chi connectivity index (χ4v) is 2.99. The number of aliphatic hydroxyl groups is 4. The van der Waals surface area contributed by atoms with E-state index >= 15 is 0 Å². The maximum atomic E-state index is 11.7. The zero-order valence-corrected chi connectivity index (χ0v) is 16.1. The molecular formula is C21H28N2O6. The van der Waals surface area contributed by atoms with Gasteiger partial charge in [0.25, 0.3) is 0 Å². The van der Waals surface area contributed by atoms with Crippen molar-refractivity contribution < 1.29 is 30.0 Å². The molecule has 0 radical (unpaired) electrons. The van der Waals surface area contributed by atoms with Gasteiger partial charge in [0.15, 0.2) is 0 Å². The number of alkyl carbamates (subject to hydrolysis) is 1. The van der Waals surface area contributed by atoms with Crippen LogP contribution in [0.2, 0.25) is 0 Å². The Hall–Kier alpha value is -2.49. The van der Waals surface area contributed by atoms with Crippen LogP contribution in [-0.2, 0) is 4.74 Å². The molecule has 0 saturated carbocycles. The summed E-state index contributed by atoms with van der Waals surface area (Å²) in [7, 11) is 0. The predicted octanol–water partition coefficient (Wildman–Crippen LogP) is 0.177. The molecule has 0 aliphatic heterocycles. The van der Waals surface area contributed by atoms with Crippen molar-refractivity contribution in [2.45, 2.75) is 18.1 Å². The zero-order valence-electron chi connectivity index (χ0n) is 16.1. The van der Waals surface area contributed by atoms with Gasteiger partial charge < -0.3 is 36.2 Å². The maximum absolute atomic E-state index is 11.7. The molecule has 7 N–H and O–H groups in total. The fraction of sp³-hybridized carbons (Fsp3) is 0.381. The number of hydrogen-bond donors (Lipinski definition) is 6. The van der Waals surface area contributed by atoms with Crippen molar-refractivity contribution in [1.82, 2.24) is 5.32 Å². The Balaban J connectivity index is 0.000000438. The number of amides is 1. The van der Waals surface area contributed by atoms with Crippen molar-refractivity contribution in [3.63, 3.8) is 0 Å². The van der Waals surface area contributed by atoms with E-state index in [1.807, 2.05) is 24.3 Å². The lowest BCUT2D eigenvalue weighted by Gasteiger charge is -2.15. The van der Waals surface area contributed by atoms with Crippen LogP contribution in [0.4, 0.5) is 4.79 Å². The van der Waals surface area contributed by atoms with Gasteiger partial charge in [-0.1, -0.05) is 48.5 Å². The topological polar surface area (TPSA) is 145 Å². The van der Waals surface area contributed by atoms with E-state index in [2.05, 4.69) is 29.6 Å². The first-order chi connectivity index (χ1) is 14.0. The number of rotatable bonds is 7. The van der Waals surface area contributed by atoms with E-state index in [1.54, 1.807) is 0 Å². The van der Waals surface area contributed by atoms with E-state index in [0.29, 0.717) is 0 Å². The second kappa shape index (κ2) is 11.5. The molecular weight excluding hydrogens is 376 g/mol. The standard InChI is InChI=1S/C18H19NO4.C3H9NO2/c20-10-12(21)9-19-18(22)23-11-17-15-7-3-1-5-13(15)14-6-2-4-8-16(14)17;4-1-3(6)2-5/h1-8,12,17,20-21H,9-11H2,(H,19,22);3,5-6H,1-2,4H2. The van der Waals surface area contributed by atoms with Gasteiger partial charge in [-0.15, -0.1) is 0 Å². The van der Waals surface area contributed by atoms with Crippen molar-refractivity contribution in [1.29, 1.82) is 0 Å². The highest BCUT2D eigenvalue weighted by Gasteiger charge is 2.28. The molecule has 0 fully saturated rings. The highest BCUT2D eigenvalue weighted by Crippen LogP contribution is 2.44. The molecule has 1 aliphatic rings. The van der Waals surface area contributed by atoms with Crippen LogP contribution in [0.15, 0.2) is 48.5 Å². The van der Waals surface area contributed by atoms with Gasteiger partial charge >= 0.3 is 6.09 Å². The van der Waals surface area contributed by atoms with E-state index in [9.17, 15) is 9.90 Å². The Labute approximate surface area is 169 Å². The maximum Gasteiger partial charge on any atom is 0.407 e. The molecule has 29 heavy (non-hydrogen) atoms. The second-order valence-electron chi connectivity index (χ2n) is 6.61. The molecule has 0 spiro atoms. The molecule has 2 aromatic carbocycles. The molecule has 158 valence electrons. The monoisotopic (exact) mass is 404 g/mol. The summed E-state index contributed by atoms with van der Waals surface area (Å²) in [5.74, 6) is 0.0101. The van der Waals surface area contributed by atoms with Gasteiger partial charge in [0, 0.05) is 19.0 Å².